The first-order chi connectivity index (χ1) is 9.66. The van der Waals surface area contributed by atoms with Crippen molar-refractivity contribution in [1.29, 1.82) is 0 Å². The average Bonchev–Trinajstić information content (AvgIpc) is 3.11. The monoisotopic (exact) mass is 279 g/mol. The van der Waals surface area contributed by atoms with Crippen molar-refractivity contribution in [2.45, 2.75) is 25.8 Å². The van der Waals surface area contributed by atoms with E-state index in [0.29, 0.717) is 12.5 Å². The third-order valence-corrected chi connectivity index (χ3v) is 3.50. The van der Waals surface area contributed by atoms with E-state index in [1.807, 2.05) is 0 Å². The van der Waals surface area contributed by atoms with Crippen LogP contribution in [0.2, 0.25) is 0 Å². The molecule has 20 heavy (non-hydrogen) atoms. The van der Waals surface area contributed by atoms with Crippen molar-refractivity contribution in [3.63, 3.8) is 0 Å². The number of rotatable bonds is 6. The molecule has 3 N–H and O–H groups in total. The quantitative estimate of drug-likeness (QED) is 0.708. The van der Waals surface area contributed by atoms with Gasteiger partial charge in [-0.3, -0.25) is 9.59 Å². The van der Waals surface area contributed by atoms with E-state index in [0.717, 1.165) is 19.5 Å². The molecule has 1 fully saturated rings. The maximum Gasteiger partial charge on any atom is 0.287 e. The number of furan rings is 1. The van der Waals surface area contributed by atoms with Crippen LogP contribution in [0.5, 0.6) is 0 Å². The second-order valence-corrected chi connectivity index (χ2v) is 5.11. The Morgan fingerprint density at radius 2 is 2.40 bits per heavy atom. The van der Waals surface area contributed by atoms with Crippen LogP contribution in [0.25, 0.3) is 0 Å². The van der Waals surface area contributed by atoms with E-state index in [1.165, 1.54) is 12.7 Å². The van der Waals surface area contributed by atoms with Gasteiger partial charge in [-0.15, -0.1) is 0 Å². The summed E-state index contributed by atoms with van der Waals surface area (Å²) in [5.41, 5.74) is 0. The van der Waals surface area contributed by atoms with Gasteiger partial charge < -0.3 is 20.4 Å². The second-order valence-electron chi connectivity index (χ2n) is 5.11. The van der Waals surface area contributed by atoms with Gasteiger partial charge in [-0.1, -0.05) is 0 Å². The fourth-order valence-electron chi connectivity index (χ4n) is 2.25. The minimum atomic E-state index is -0.575. The van der Waals surface area contributed by atoms with Gasteiger partial charge in [0.2, 0.25) is 5.91 Å². The van der Waals surface area contributed by atoms with Crippen molar-refractivity contribution in [2.75, 3.05) is 19.6 Å². The van der Waals surface area contributed by atoms with Gasteiger partial charge >= 0.3 is 0 Å². The van der Waals surface area contributed by atoms with E-state index in [-0.39, 0.29) is 17.6 Å². The van der Waals surface area contributed by atoms with Crippen LogP contribution in [0.15, 0.2) is 22.8 Å². The summed E-state index contributed by atoms with van der Waals surface area (Å²) in [6, 6.07) is 2.62. The number of carbonyl (C=O) groups excluding carboxylic acids is 2. The van der Waals surface area contributed by atoms with Gasteiger partial charge in [0.05, 0.1) is 6.26 Å². The van der Waals surface area contributed by atoms with Crippen LogP contribution in [0.4, 0.5) is 0 Å². The third-order valence-electron chi connectivity index (χ3n) is 3.50. The van der Waals surface area contributed by atoms with Crippen molar-refractivity contribution in [3.05, 3.63) is 24.2 Å². The molecule has 2 heterocycles. The summed E-state index contributed by atoms with van der Waals surface area (Å²) in [6.45, 7) is 4.40. The Morgan fingerprint density at radius 3 is 3.05 bits per heavy atom. The Bertz CT molecular complexity index is 439. The van der Waals surface area contributed by atoms with E-state index in [9.17, 15) is 9.59 Å². The Morgan fingerprint density at radius 1 is 1.55 bits per heavy atom. The van der Waals surface area contributed by atoms with Gasteiger partial charge in [0.25, 0.3) is 5.91 Å². The van der Waals surface area contributed by atoms with Crippen LogP contribution in [0.1, 0.15) is 30.3 Å². The van der Waals surface area contributed by atoms with Gasteiger partial charge in [0, 0.05) is 6.54 Å². The van der Waals surface area contributed by atoms with Crippen LogP contribution in [-0.2, 0) is 4.79 Å². The molecule has 0 aromatic carbocycles. The Kier molecular flexibility index (Phi) is 5.17. The van der Waals surface area contributed by atoms with Crippen LogP contribution < -0.4 is 16.0 Å². The lowest BCUT2D eigenvalue weighted by Gasteiger charge is -2.14. The molecule has 1 saturated heterocycles. The molecule has 110 valence electrons. The normalized spacial score (nSPS) is 19.6. The van der Waals surface area contributed by atoms with Gasteiger partial charge in [-0.2, -0.15) is 0 Å². The molecule has 1 aromatic heterocycles. The van der Waals surface area contributed by atoms with Gasteiger partial charge in [-0.05, 0) is 50.9 Å². The van der Waals surface area contributed by atoms with Gasteiger partial charge in [-0.25, -0.2) is 0 Å². The van der Waals surface area contributed by atoms with Crippen molar-refractivity contribution in [3.8, 4) is 0 Å². The third kappa shape index (κ3) is 4.09. The molecule has 2 amide bonds. The summed E-state index contributed by atoms with van der Waals surface area (Å²) in [6.07, 6.45) is 3.56. The number of hydrogen-bond acceptors (Lipinski definition) is 4. The highest BCUT2D eigenvalue weighted by molar-refractivity contribution is 5.95. The lowest BCUT2D eigenvalue weighted by atomic mass is 10.1. The fourth-order valence-corrected chi connectivity index (χ4v) is 2.25. The zero-order valence-electron chi connectivity index (χ0n) is 11.6. The Balaban J connectivity index is 1.67. The van der Waals surface area contributed by atoms with Crippen LogP contribution in [-0.4, -0.2) is 37.5 Å². The van der Waals surface area contributed by atoms with Crippen molar-refractivity contribution >= 4 is 11.8 Å². The molecular formula is C14H21N3O3. The molecule has 6 heteroatoms. The summed E-state index contributed by atoms with van der Waals surface area (Å²) in [4.78, 5) is 23.6. The zero-order chi connectivity index (χ0) is 14.4. The smallest absolute Gasteiger partial charge is 0.287 e. The van der Waals surface area contributed by atoms with Crippen LogP contribution in [0, 0.1) is 5.92 Å². The number of hydrogen-bond donors (Lipinski definition) is 3. The Labute approximate surface area is 118 Å². The van der Waals surface area contributed by atoms with Crippen molar-refractivity contribution in [2.24, 2.45) is 5.92 Å². The number of amides is 2. The molecule has 1 aliphatic heterocycles. The molecule has 0 bridgehead atoms. The highest BCUT2D eigenvalue weighted by Crippen LogP contribution is 2.10. The molecule has 2 rings (SSSR count). The summed E-state index contributed by atoms with van der Waals surface area (Å²) in [5, 5.41) is 8.75. The molecule has 1 aliphatic rings. The maximum absolute atomic E-state index is 11.8. The van der Waals surface area contributed by atoms with E-state index >= 15 is 0 Å². The average molecular weight is 279 g/mol. The summed E-state index contributed by atoms with van der Waals surface area (Å²) >= 11 is 0. The maximum atomic E-state index is 11.8. The predicted molar refractivity (Wildman–Crippen MR) is 74.2 cm³/mol. The van der Waals surface area contributed by atoms with E-state index < -0.39 is 6.04 Å². The molecule has 0 aliphatic carbocycles. The molecular weight excluding hydrogens is 258 g/mol. The summed E-state index contributed by atoms with van der Waals surface area (Å²) < 4.78 is 4.97. The van der Waals surface area contributed by atoms with E-state index in [1.54, 1.807) is 19.1 Å². The van der Waals surface area contributed by atoms with Crippen molar-refractivity contribution < 1.29 is 14.0 Å². The van der Waals surface area contributed by atoms with E-state index in [2.05, 4.69) is 16.0 Å². The van der Waals surface area contributed by atoms with Gasteiger partial charge in [0.1, 0.15) is 6.04 Å². The molecule has 0 saturated carbocycles. The largest absolute Gasteiger partial charge is 0.459 e. The molecule has 1 aromatic rings. The van der Waals surface area contributed by atoms with Crippen LogP contribution >= 0.6 is 0 Å². The topological polar surface area (TPSA) is 83.4 Å². The summed E-state index contributed by atoms with van der Waals surface area (Å²) in [5.74, 6) is 0.304. The lowest BCUT2D eigenvalue weighted by Crippen LogP contribution is -2.45. The standard InChI is InChI=1S/C14H21N3O3/c1-10(17-14(19)12-3-2-8-20-12)13(18)16-7-5-11-4-6-15-9-11/h2-3,8,10-11,15H,4-7,9H2,1H3,(H,16,18)(H,17,19). The second kappa shape index (κ2) is 7.09. The van der Waals surface area contributed by atoms with Crippen LogP contribution in [0.3, 0.4) is 0 Å². The number of nitrogens with one attached hydrogen (secondary N) is 3. The first-order valence-electron chi connectivity index (χ1n) is 6.99. The molecule has 0 radical (unpaired) electrons. The molecule has 2 atom stereocenters. The van der Waals surface area contributed by atoms with E-state index in [4.69, 9.17) is 4.42 Å². The SMILES string of the molecule is CC(NC(=O)c1ccco1)C(=O)NCCC1CCNC1. The Hall–Kier alpha value is -1.82. The molecule has 0 spiro atoms. The predicted octanol–water partition coefficient (Wildman–Crippen LogP) is 0.514. The fraction of sp³-hybridized carbons (Fsp3) is 0.571. The first kappa shape index (κ1) is 14.6. The van der Waals surface area contributed by atoms with Crippen molar-refractivity contribution in [1.82, 2.24) is 16.0 Å². The minimum Gasteiger partial charge on any atom is -0.459 e. The highest BCUT2D eigenvalue weighted by atomic mass is 16.3. The lowest BCUT2D eigenvalue weighted by molar-refractivity contribution is -0.122. The van der Waals surface area contributed by atoms with Gasteiger partial charge in [0.15, 0.2) is 5.76 Å². The molecule has 2 unspecified atom stereocenters. The first-order valence-corrected chi connectivity index (χ1v) is 6.99. The minimum absolute atomic E-state index is 0.170. The number of carbonyl (C=O) groups is 2. The zero-order valence-corrected chi connectivity index (χ0v) is 11.6. The summed E-state index contributed by atoms with van der Waals surface area (Å²) in [7, 11) is 0. The highest BCUT2D eigenvalue weighted by Gasteiger charge is 2.19. The molecule has 6 nitrogen and oxygen atoms in total.